The van der Waals surface area contributed by atoms with Gasteiger partial charge in [-0.05, 0) is 44.0 Å². The summed E-state index contributed by atoms with van der Waals surface area (Å²) < 4.78 is 10.9. The smallest absolute Gasteiger partial charge is 0.131 e. The predicted octanol–water partition coefficient (Wildman–Crippen LogP) is 4.80. The number of hydrogen-bond acceptors (Lipinski definition) is 4. The van der Waals surface area contributed by atoms with Gasteiger partial charge in [0.1, 0.15) is 11.5 Å². The number of methoxy groups -OCH3 is 2. The van der Waals surface area contributed by atoms with E-state index in [0.29, 0.717) is 5.75 Å². The Morgan fingerprint density at radius 2 is 1.71 bits per heavy atom. The van der Waals surface area contributed by atoms with E-state index in [4.69, 9.17) is 9.47 Å². The zero-order valence-electron chi connectivity index (χ0n) is 15.0. The zero-order chi connectivity index (χ0) is 17.7. The van der Waals surface area contributed by atoms with Gasteiger partial charge in [0.25, 0.3) is 0 Å². The Morgan fingerprint density at radius 1 is 1.04 bits per heavy atom. The molecule has 4 nitrogen and oxygen atoms in total. The maximum absolute atomic E-state index is 5.54. The number of para-hydroxylation sites is 1. The van der Waals surface area contributed by atoms with Crippen molar-refractivity contribution in [2.45, 2.75) is 20.8 Å². The molecule has 0 aliphatic carbocycles. The third-order valence-electron chi connectivity index (χ3n) is 3.86. The molecule has 0 saturated heterocycles. The average Bonchev–Trinajstić information content (AvgIpc) is 2.59. The van der Waals surface area contributed by atoms with Gasteiger partial charge in [0.05, 0.1) is 25.6 Å². The third kappa shape index (κ3) is 3.43. The number of hydrazone groups is 1. The van der Waals surface area contributed by atoms with Crippen LogP contribution in [0.1, 0.15) is 23.6 Å². The molecule has 2 rings (SSSR count). The minimum Gasteiger partial charge on any atom is -0.496 e. The van der Waals surface area contributed by atoms with Gasteiger partial charge in [-0.2, -0.15) is 5.10 Å². The highest BCUT2D eigenvalue weighted by atomic mass is 16.5. The monoisotopic (exact) mass is 324 g/mol. The molecule has 0 aromatic heterocycles. The van der Waals surface area contributed by atoms with Crippen LogP contribution in [0.5, 0.6) is 11.5 Å². The SMILES string of the molecule is C=C(c1cc(C)c(OC)cc1OC)N(/N=C\C)c1ccccc1C. The summed E-state index contributed by atoms with van der Waals surface area (Å²) in [5, 5.41) is 6.33. The Hall–Kier alpha value is -2.75. The summed E-state index contributed by atoms with van der Waals surface area (Å²) in [7, 11) is 3.29. The second-order valence-corrected chi connectivity index (χ2v) is 5.44. The van der Waals surface area contributed by atoms with Crippen LogP contribution in [0.4, 0.5) is 5.69 Å². The topological polar surface area (TPSA) is 34.1 Å². The highest BCUT2D eigenvalue weighted by Gasteiger charge is 2.18. The second kappa shape index (κ2) is 7.68. The quantitative estimate of drug-likeness (QED) is 0.565. The lowest BCUT2D eigenvalue weighted by Crippen LogP contribution is -2.16. The molecule has 0 radical (unpaired) electrons. The van der Waals surface area contributed by atoms with Crippen LogP contribution in [-0.4, -0.2) is 20.4 Å². The number of rotatable bonds is 6. The van der Waals surface area contributed by atoms with Crippen molar-refractivity contribution in [1.82, 2.24) is 0 Å². The Labute approximate surface area is 144 Å². The zero-order valence-corrected chi connectivity index (χ0v) is 15.0. The number of benzene rings is 2. The lowest BCUT2D eigenvalue weighted by Gasteiger charge is -2.25. The molecule has 0 fully saturated rings. The average molecular weight is 324 g/mol. The number of anilines is 1. The molecule has 4 heteroatoms. The normalized spacial score (nSPS) is 10.7. The predicted molar refractivity (Wildman–Crippen MR) is 101 cm³/mol. The summed E-state index contributed by atoms with van der Waals surface area (Å²) in [5.74, 6) is 1.48. The van der Waals surface area contributed by atoms with Crippen molar-refractivity contribution in [3.05, 3.63) is 59.7 Å². The van der Waals surface area contributed by atoms with E-state index >= 15 is 0 Å². The van der Waals surface area contributed by atoms with Crippen molar-refractivity contribution in [2.24, 2.45) is 5.10 Å². The highest BCUT2D eigenvalue weighted by molar-refractivity contribution is 5.83. The van der Waals surface area contributed by atoms with Gasteiger partial charge >= 0.3 is 0 Å². The molecule has 0 spiro atoms. The van der Waals surface area contributed by atoms with Crippen LogP contribution in [-0.2, 0) is 0 Å². The van der Waals surface area contributed by atoms with Crippen molar-refractivity contribution >= 4 is 17.6 Å². The van der Waals surface area contributed by atoms with Crippen molar-refractivity contribution in [2.75, 3.05) is 19.2 Å². The van der Waals surface area contributed by atoms with Crippen molar-refractivity contribution < 1.29 is 9.47 Å². The van der Waals surface area contributed by atoms with Crippen molar-refractivity contribution in [1.29, 1.82) is 0 Å². The molecule has 2 aromatic carbocycles. The molecule has 0 heterocycles. The van der Waals surface area contributed by atoms with Gasteiger partial charge < -0.3 is 9.47 Å². The highest BCUT2D eigenvalue weighted by Crippen LogP contribution is 2.36. The molecule has 24 heavy (non-hydrogen) atoms. The van der Waals surface area contributed by atoms with Crippen molar-refractivity contribution in [3.63, 3.8) is 0 Å². The van der Waals surface area contributed by atoms with Gasteiger partial charge in [-0.3, -0.25) is 0 Å². The molecule has 0 saturated carbocycles. The van der Waals surface area contributed by atoms with Crippen LogP contribution in [0.3, 0.4) is 0 Å². The number of ether oxygens (including phenoxy) is 2. The lowest BCUT2D eigenvalue weighted by atomic mass is 10.1. The lowest BCUT2D eigenvalue weighted by molar-refractivity contribution is 0.391. The molecule has 0 bridgehead atoms. The molecule has 2 aromatic rings. The summed E-state index contributed by atoms with van der Waals surface area (Å²) in [6.45, 7) is 10.2. The Bertz CT molecular complexity index is 766. The summed E-state index contributed by atoms with van der Waals surface area (Å²) in [6.07, 6.45) is 1.75. The first kappa shape index (κ1) is 17.6. The standard InChI is InChI=1S/C20H24N2O2/c1-7-21-22(18-11-9-8-10-14(18)2)16(4)17-12-15(3)19(23-5)13-20(17)24-6/h7-13H,4H2,1-3,5-6H3/b21-7-. The van der Waals surface area contributed by atoms with Gasteiger partial charge in [0.2, 0.25) is 0 Å². The molecule has 0 aliphatic rings. The van der Waals surface area contributed by atoms with E-state index in [0.717, 1.165) is 33.8 Å². The van der Waals surface area contributed by atoms with E-state index in [1.807, 2.05) is 49.2 Å². The fraction of sp³-hybridized carbons (Fsp3) is 0.250. The Morgan fingerprint density at radius 3 is 2.29 bits per heavy atom. The maximum atomic E-state index is 5.54. The van der Waals surface area contributed by atoms with E-state index in [9.17, 15) is 0 Å². The minimum absolute atomic E-state index is 0.701. The number of hydrogen-bond donors (Lipinski definition) is 0. The van der Waals surface area contributed by atoms with E-state index in [-0.39, 0.29) is 0 Å². The molecular formula is C20H24N2O2. The number of nitrogens with zero attached hydrogens (tertiary/aromatic N) is 2. The van der Waals surface area contributed by atoms with Crippen LogP contribution in [0, 0.1) is 13.8 Å². The van der Waals surface area contributed by atoms with Crippen LogP contribution in [0.25, 0.3) is 5.70 Å². The first-order valence-corrected chi connectivity index (χ1v) is 7.79. The van der Waals surface area contributed by atoms with E-state index < -0.39 is 0 Å². The molecule has 0 N–H and O–H groups in total. The fourth-order valence-electron chi connectivity index (χ4n) is 2.59. The van der Waals surface area contributed by atoms with Crippen LogP contribution in [0.2, 0.25) is 0 Å². The van der Waals surface area contributed by atoms with E-state index in [2.05, 4.69) is 24.7 Å². The molecule has 126 valence electrons. The fourth-order valence-corrected chi connectivity index (χ4v) is 2.59. The first-order chi connectivity index (χ1) is 11.5. The summed E-state index contributed by atoms with van der Waals surface area (Å²) >= 11 is 0. The minimum atomic E-state index is 0.701. The van der Waals surface area contributed by atoms with Crippen LogP contribution >= 0.6 is 0 Å². The summed E-state index contributed by atoms with van der Waals surface area (Å²) in [5.41, 5.74) is 4.74. The van der Waals surface area contributed by atoms with Gasteiger partial charge in [0.15, 0.2) is 0 Å². The van der Waals surface area contributed by atoms with Gasteiger partial charge in [-0.15, -0.1) is 0 Å². The molecule has 0 atom stereocenters. The summed E-state index contributed by atoms with van der Waals surface area (Å²) in [6, 6.07) is 12.0. The van der Waals surface area contributed by atoms with Gasteiger partial charge in [-0.25, -0.2) is 5.01 Å². The van der Waals surface area contributed by atoms with Crippen molar-refractivity contribution in [3.8, 4) is 11.5 Å². The third-order valence-corrected chi connectivity index (χ3v) is 3.86. The van der Waals surface area contributed by atoms with Gasteiger partial charge in [0, 0.05) is 17.8 Å². The molecule has 0 aliphatic heterocycles. The molecule has 0 unspecified atom stereocenters. The Kier molecular flexibility index (Phi) is 5.64. The van der Waals surface area contributed by atoms with Crippen LogP contribution in [0.15, 0.2) is 48.1 Å². The summed E-state index contributed by atoms with van der Waals surface area (Å²) in [4.78, 5) is 0. The van der Waals surface area contributed by atoms with E-state index in [1.165, 1.54) is 0 Å². The Balaban J connectivity index is 2.56. The van der Waals surface area contributed by atoms with Crippen LogP contribution < -0.4 is 14.5 Å². The largest absolute Gasteiger partial charge is 0.496 e. The molecular weight excluding hydrogens is 300 g/mol. The van der Waals surface area contributed by atoms with E-state index in [1.54, 1.807) is 20.4 Å². The molecule has 0 amide bonds. The van der Waals surface area contributed by atoms with Gasteiger partial charge in [-0.1, -0.05) is 24.8 Å². The second-order valence-electron chi connectivity index (χ2n) is 5.44. The maximum Gasteiger partial charge on any atom is 0.131 e. The number of aryl methyl sites for hydroxylation is 2. The first-order valence-electron chi connectivity index (χ1n) is 7.79.